The van der Waals surface area contributed by atoms with Crippen LogP contribution < -0.4 is 26.4 Å². The van der Waals surface area contributed by atoms with E-state index < -0.39 is 24.0 Å². The first-order valence-corrected chi connectivity index (χ1v) is 9.61. The maximum absolute atomic E-state index is 14.8. The molecule has 1 aromatic heterocycles. The zero-order valence-electron chi connectivity index (χ0n) is 17.4. The van der Waals surface area contributed by atoms with Crippen LogP contribution in [-0.4, -0.2) is 55.6 Å². The number of pyridine rings is 1. The number of anilines is 1. The highest BCUT2D eigenvalue weighted by Crippen LogP contribution is 2.29. The summed E-state index contributed by atoms with van der Waals surface area (Å²) in [7, 11) is 1.47. The molecule has 1 atom stereocenters. The van der Waals surface area contributed by atoms with Gasteiger partial charge in [0.2, 0.25) is 5.91 Å². The lowest BCUT2D eigenvalue weighted by Crippen LogP contribution is -2.41. The quantitative estimate of drug-likeness (QED) is 0.290. The van der Waals surface area contributed by atoms with Crippen molar-refractivity contribution in [2.45, 2.75) is 13.0 Å². The van der Waals surface area contributed by atoms with E-state index in [1.54, 1.807) is 24.3 Å². The number of hydrogen-bond acceptors (Lipinski definition) is 6. The Kier molecular flexibility index (Phi) is 7.16. The van der Waals surface area contributed by atoms with Crippen LogP contribution in [0.4, 0.5) is 25.5 Å². The first-order valence-electron chi connectivity index (χ1n) is 9.61. The van der Waals surface area contributed by atoms with Crippen LogP contribution in [0.2, 0.25) is 0 Å². The summed E-state index contributed by atoms with van der Waals surface area (Å²) >= 11 is 0. The van der Waals surface area contributed by atoms with Gasteiger partial charge in [0.05, 0.1) is 18.8 Å². The molecule has 11 nitrogen and oxygen atoms in total. The lowest BCUT2D eigenvalue weighted by molar-refractivity contribution is -0.119. The first-order chi connectivity index (χ1) is 15.4. The van der Waals surface area contributed by atoms with Crippen LogP contribution in [0.15, 0.2) is 41.5 Å². The number of amides is 4. The van der Waals surface area contributed by atoms with Gasteiger partial charge in [-0.15, -0.1) is 0 Å². The van der Waals surface area contributed by atoms with Gasteiger partial charge >= 0.3 is 12.1 Å². The average molecular weight is 443 g/mol. The van der Waals surface area contributed by atoms with E-state index in [4.69, 9.17) is 4.74 Å². The normalized spacial score (nSPS) is 15.4. The van der Waals surface area contributed by atoms with Crippen molar-refractivity contribution in [3.05, 3.63) is 42.3 Å². The molecular weight excluding hydrogens is 421 g/mol. The average Bonchev–Trinajstić information content (AvgIpc) is 3.16. The molecular formula is C20H22FN7O4. The Morgan fingerprint density at radius 3 is 2.81 bits per heavy atom. The highest BCUT2D eigenvalue weighted by Gasteiger charge is 2.32. The number of rotatable bonds is 7. The zero-order valence-corrected chi connectivity index (χ0v) is 17.4. The maximum Gasteiger partial charge on any atom is 0.414 e. The molecule has 4 N–H and O–H groups in total. The Morgan fingerprint density at radius 1 is 1.34 bits per heavy atom. The minimum absolute atomic E-state index is 0.190. The SMILES string of the molecule is CNC(=O)NNC=Nc1ccc(-c2ccc(N3CC(CNC(C)=O)OC3=O)cc2F)cn1. The lowest BCUT2D eigenvalue weighted by atomic mass is 10.1. The van der Waals surface area contributed by atoms with Gasteiger partial charge in [-0.2, -0.15) is 0 Å². The minimum atomic E-state index is -0.601. The molecule has 0 spiro atoms. The van der Waals surface area contributed by atoms with Gasteiger partial charge in [-0.05, 0) is 30.3 Å². The van der Waals surface area contributed by atoms with Crippen molar-refractivity contribution in [2.24, 2.45) is 4.99 Å². The summed E-state index contributed by atoms with van der Waals surface area (Å²) in [4.78, 5) is 43.6. The van der Waals surface area contributed by atoms with E-state index in [-0.39, 0.29) is 19.0 Å². The number of ether oxygens (including phenoxy) is 1. The summed E-state index contributed by atoms with van der Waals surface area (Å²) in [5.41, 5.74) is 5.97. The van der Waals surface area contributed by atoms with E-state index in [1.165, 1.54) is 37.5 Å². The summed E-state index contributed by atoms with van der Waals surface area (Å²) in [6, 6.07) is 7.22. The van der Waals surface area contributed by atoms with E-state index >= 15 is 0 Å². The van der Waals surface area contributed by atoms with Crippen LogP contribution in [0.3, 0.4) is 0 Å². The highest BCUT2D eigenvalue weighted by molar-refractivity contribution is 5.90. The van der Waals surface area contributed by atoms with Crippen LogP contribution in [0.5, 0.6) is 0 Å². The van der Waals surface area contributed by atoms with E-state index in [0.29, 0.717) is 22.6 Å². The van der Waals surface area contributed by atoms with Gasteiger partial charge in [-0.3, -0.25) is 20.5 Å². The van der Waals surface area contributed by atoms with Gasteiger partial charge in [0.15, 0.2) is 5.82 Å². The van der Waals surface area contributed by atoms with Crippen LogP contribution in [0.25, 0.3) is 11.1 Å². The van der Waals surface area contributed by atoms with Gasteiger partial charge < -0.3 is 15.4 Å². The van der Waals surface area contributed by atoms with Crippen molar-refractivity contribution in [3.63, 3.8) is 0 Å². The second-order valence-corrected chi connectivity index (χ2v) is 6.73. The third-order valence-electron chi connectivity index (χ3n) is 4.45. The van der Waals surface area contributed by atoms with E-state index in [0.717, 1.165) is 0 Å². The maximum atomic E-state index is 14.8. The fraction of sp³-hybridized carbons (Fsp3) is 0.250. The van der Waals surface area contributed by atoms with Crippen molar-refractivity contribution < 1.29 is 23.5 Å². The monoisotopic (exact) mass is 443 g/mol. The minimum Gasteiger partial charge on any atom is -0.442 e. The molecule has 3 rings (SSSR count). The highest BCUT2D eigenvalue weighted by atomic mass is 19.1. The predicted molar refractivity (Wildman–Crippen MR) is 115 cm³/mol. The van der Waals surface area contributed by atoms with E-state index in [2.05, 4.69) is 31.5 Å². The van der Waals surface area contributed by atoms with Crippen molar-refractivity contribution >= 4 is 35.9 Å². The Labute approximate surface area is 183 Å². The van der Waals surface area contributed by atoms with Crippen LogP contribution in [-0.2, 0) is 9.53 Å². The number of urea groups is 1. The molecule has 168 valence electrons. The summed E-state index contributed by atoms with van der Waals surface area (Å²) in [6.45, 7) is 1.77. The number of nitrogens with one attached hydrogen (secondary N) is 4. The van der Waals surface area contributed by atoms with Gasteiger partial charge in [0.1, 0.15) is 18.3 Å². The zero-order chi connectivity index (χ0) is 23.1. The van der Waals surface area contributed by atoms with Crippen molar-refractivity contribution in [2.75, 3.05) is 25.0 Å². The number of hydrazine groups is 1. The fourth-order valence-corrected chi connectivity index (χ4v) is 2.88. The molecule has 1 aliphatic rings. The molecule has 32 heavy (non-hydrogen) atoms. The largest absolute Gasteiger partial charge is 0.442 e. The fourth-order valence-electron chi connectivity index (χ4n) is 2.88. The van der Waals surface area contributed by atoms with Crippen molar-refractivity contribution in [1.82, 2.24) is 26.5 Å². The predicted octanol–water partition coefficient (Wildman–Crippen LogP) is 1.44. The molecule has 12 heteroatoms. The number of carbonyl (C=O) groups excluding carboxylic acids is 3. The van der Waals surface area contributed by atoms with Crippen LogP contribution in [0.1, 0.15) is 6.92 Å². The topological polar surface area (TPSA) is 137 Å². The lowest BCUT2D eigenvalue weighted by Gasteiger charge is -2.14. The summed E-state index contributed by atoms with van der Waals surface area (Å²) < 4.78 is 20.0. The van der Waals surface area contributed by atoms with Crippen molar-refractivity contribution in [3.8, 4) is 11.1 Å². The number of aliphatic imine (C=N–C) groups is 1. The van der Waals surface area contributed by atoms with Gasteiger partial charge in [0, 0.05) is 31.3 Å². The van der Waals surface area contributed by atoms with Gasteiger partial charge in [-0.25, -0.2) is 24.0 Å². The van der Waals surface area contributed by atoms with Crippen LogP contribution in [0, 0.1) is 5.82 Å². The van der Waals surface area contributed by atoms with Gasteiger partial charge in [-0.1, -0.05) is 0 Å². The molecule has 0 bridgehead atoms. The summed E-state index contributed by atoms with van der Waals surface area (Å²) in [5, 5.41) is 4.95. The number of halogens is 1. The number of nitrogens with zero attached hydrogens (tertiary/aromatic N) is 3. The third kappa shape index (κ3) is 5.68. The summed E-state index contributed by atoms with van der Waals surface area (Å²) in [6.07, 6.45) is 1.61. The Balaban J connectivity index is 1.65. The van der Waals surface area contributed by atoms with Crippen molar-refractivity contribution in [1.29, 1.82) is 0 Å². The van der Waals surface area contributed by atoms with E-state index in [9.17, 15) is 18.8 Å². The molecule has 0 saturated carbocycles. The number of benzene rings is 1. The number of carbonyl (C=O) groups is 3. The molecule has 1 aliphatic heterocycles. The molecule has 0 aliphatic carbocycles. The molecule has 1 aromatic carbocycles. The molecule has 1 saturated heterocycles. The van der Waals surface area contributed by atoms with Crippen LogP contribution >= 0.6 is 0 Å². The number of aromatic nitrogens is 1. The molecule has 0 radical (unpaired) electrons. The number of cyclic esters (lactones) is 1. The Bertz CT molecular complexity index is 1030. The Hall–Kier alpha value is -4.22. The molecule has 1 unspecified atom stereocenters. The molecule has 2 aromatic rings. The third-order valence-corrected chi connectivity index (χ3v) is 4.45. The number of hydrogen-bond donors (Lipinski definition) is 4. The summed E-state index contributed by atoms with van der Waals surface area (Å²) in [5.74, 6) is -0.408. The second-order valence-electron chi connectivity index (χ2n) is 6.73. The standard InChI is InChI=1S/C20H22FN7O4/c1-12(29)23-9-15-10-28(20(31)32-15)14-4-5-16(17(21)7-14)13-3-6-18(24-8-13)25-11-26-27-19(30)22-2/h3-8,11,15H,9-10H2,1-2H3,(H,23,29)(H2,22,27,30)(H,24,25,26). The van der Waals surface area contributed by atoms with E-state index in [1.807, 2.05) is 0 Å². The molecule has 2 heterocycles. The molecule has 1 fully saturated rings. The molecule has 4 amide bonds. The second kappa shape index (κ2) is 10.2. The smallest absolute Gasteiger partial charge is 0.414 e. The Morgan fingerprint density at radius 2 is 2.16 bits per heavy atom. The van der Waals surface area contributed by atoms with Gasteiger partial charge in [0.25, 0.3) is 0 Å². The first kappa shape index (κ1) is 22.5.